The number of amides is 1. The summed E-state index contributed by atoms with van der Waals surface area (Å²) in [5.41, 5.74) is 2.80. The van der Waals surface area contributed by atoms with Gasteiger partial charge in [-0.3, -0.25) is 14.7 Å². The molecule has 1 amide bonds. The second-order valence-corrected chi connectivity index (χ2v) is 7.28. The first-order valence-electron chi connectivity index (χ1n) is 9.31. The molecule has 2 unspecified atom stereocenters. The van der Waals surface area contributed by atoms with E-state index in [-0.39, 0.29) is 18.1 Å². The van der Waals surface area contributed by atoms with Crippen LogP contribution in [0.3, 0.4) is 0 Å². The van der Waals surface area contributed by atoms with Crippen molar-refractivity contribution in [3.8, 4) is 5.75 Å². The van der Waals surface area contributed by atoms with Gasteiger partial charge in [0.05, 0.1) is 22.9 Å². The minimum atomic E-state index is -0.179. The molecule has 0 saturated carbocycles. The first-order valence-corrected chi connectivity index (χ1v) is 9.31. The molecule has 0 spiro atoms. The van der Waals surface area contributed by atoms with Crippen LogP contribution in [0.5, 0.6) is 5.75 Å². The lowest BCUT2D eigenvalue weighted by Gasteiger charge is -2.29. The van der Waals surface area contributed by atoms with Crippen LogP contribution in [0.2, 0.25) is 0 Å². The number of carbonyl (C=O) groups excluding carboxylic acids is 1. The molecule has 2 aliphatic heterocycles. The highest BCUT2D eigenvalue weighted by molar-refractivity contribution is 5.98. The molecule has 2 aromatic carbocycles. The number of likely N-dealkylation sites (N-methyl/N-ethyl adjacent to an activating group) is 1. The topological polar surface area (TPSA) is 45.7 Å². The van der Waals surface area contributed by atoms with Crippen LogP contribution in [0.1, 0.15) is 12.1 Å². The molecule has 2 atom stereocenters. The molecule has 5 rings (SSSR count). The average molecular weight is 359 g/mol. The van der Waals surface area contributed by atoms with Crippen LogP contribution in [-0.2, 0) is 11.3 Å². The van der Waals surface area contributed by atoms with Gasteiger partial charge in [-0.1, -0.05) is 36.4 Å². The highest BCUT2D eigenvalue weighted by Crippen LogP contribution is 2.35. The largest absolute Gasteiger partial charge is 0.487 e. The van der Waals surface area contributed by atoms with E-state index in [4.69, 9.17) is 9.72 Å². The third-order valence-electron chi connectivity index (χ3n) is 5.52. The molecule has 0 radical (unpaired) electrons. The maximum atomic E-state index is 13.1. The van der Waals surface area contributed by atoms with Gasteiger partial charge in [0.2, 0.25) is 5.91 Å². The summed E-state index contributed by atoms with van der Waals surface area (Å²) in [6.07, 6.45) is 0.736. The Morgan fingerprint density at radius 2 is 1.89 bits per heavy atom. The summed E-state index contributed by atoms with van der Waals surface area (Å²) < 4.78 is 6.23. The van der Waals surface area contributed by atoms with Gasteiger partial charge in [0.1, 0.15) is 11.9 Å². The second kappa shape index (κ2) is 6.35. The molecular formula is C22H21N3O2. The number of aromatic nitrogens is 1. The van der Waals surface area contributed by atoms with Crippen molar-refractivity contribution < 1.29 is 9.53 Å². The van der Waals surface area contributed by atoms with Gasteiger partial charge in [-0.05, 0) is 24.3 Å². The van der Waals surface area contributed by atoms with Crippen molar-refractivity contribution >= 4 is 22.5 Å². The lowest BCUT2D eigenvalue weighted by molar-refractivity contribution is -0.122. The number of ether oxygens (including phenoxy) is 1. The summed E-state index contributed by atoms with van der Waals surface area (Å²) in [6, 6.07) is 19.8. The molecular weight excluding hydrogens is 338 g/mol. The number of fused-ring (bicyclic) bond motifs is 4. The van der Waals surface area contributed by atoms with Crippen LogP contribution >= 0.6 is 0 Å². The van der Waals surface area contributed by atoms with Crippen molar-refractivity contribution in [3.05, 3.63) is 66.4 Å². The molecule has 1 saturated heterocycles. The number of likely N-dealkylation sites (tertiary alicyclic amines) is 1. The van der Waals surface area contributed by atoms with E-state index < -0.39 is 0 Å². The number of nitrogens with zero attached hydrogens (tertiary/aromatic N) is 3. The second-order valence-electron chi connectivity index (χ2n) is 7.28. The number of para-hydroxylation sites is 3. The predicted octanol–water partition coefficient (Wildman–Crippen LogP) is 3.23. The Labute approximate surface area is 158 Å². The van der Waals surface area contributed by atoms with Gasteiger partial charge in [0.25, 0.3) is 0 Å². The molecule has 2 aliphatic rings. The van der Waals surface area contributed by atoms with Gasteiger partial charge in [-0.15, -0.1) is 0 Å². The molecule has 3 aromatic rings. The summed E-state index contributed by atoms with van der Waals surface area (Å²) in [6.45, 7) is 1.37. The highest BCUT2D eigenvalue weighted by atomic mass is 16.5. The predicted molar refractivity (Wildman–Crippen MR) is 105 cm³/mol. The summed E-state index contributed by atoms with van der Waals surface area (Å²) in [5.74, 6) is 0.900. The summed E-state index contributed by atoms with van der Waals surface area (Å²) >= 11 is 0. The van der Waals surface area contributed by atoms with Crippen LogP contribution < -0.4 is 9.64 Å². The van der Waals surface area contributed by atoms with Gasteiger partial charge in [0.15, 0.2) is 0 Å². The zero-order valence-electron chi connectivity index (χ0n) is 15.2. The summed E-state index contributed by atoms with van der Waals surface area (Å²) in [4.78, 5) is 21.8. The molecule has 3 heterocycles. The summed E-state index contributed by atoms with van der Waals surface area (Å²) in [5, 5.41) is 1.13. The van der Waals surface area contributed by atoms with E-state index >= 15 is 0 Å². The van der Waals surface area contributed by atoms with E-state index in [0.717, 1.165) is 34.6 Å². The third kappa shape index (κ3) is 2.84. The molecule has 1 fully saturated rings. The zero-order chi connectivity index (χ0) is 18.4. The van der Waals surface area contributed by atoms with Crippen LogP contribution in [0, 0.1) is 0 Å². The van der Waals surface area contributed by atoms with Gasteiger partial charge in [-0.25, -0.2) is 0 Å². The first-order chi connectivity index (χ1) is 13.2. The Hall–Kier alpha value is -2.92. The van der Waals surface area contributed by atoms with Crippen molar-refractivity contribution in [2.45, 2.75) is 25.1 Å². The third-order valence-corrected chi connectivity index (χ3v) is 5.52. The van der Waals surface area contributed by atoms with Crippen molar-refractivity contribution in [2.75, 3.05) is 18.5 Å². The van der Waals surface area contributed by atoms with Crippen molar-refractivity contribution in [3.63, 3.8) is 0 Å². The molecule has 1 aromatic heterocycles. The van der Waals surface area contributed by atoms with Crippen LogP contribution in [0.4, 0.5) is 5.69 Å². The SMILES string of the molecule is CN1C(=O)C2CC(CN2Cc2ccc3ccccc3n2)Oc2ccccc21. The standard InChI is InChI=1S/C22H21N3O2/c1-24-19-8-4-5-9-21(19)27-17-12-20(22(24)26)25(14-17)13-16-11-10-15-6-2-3-7-18(15)23-16/h2-11,17,20H,12-14H2,1H3. The van der Waals surface area contributed by atoms with Gasteiger partial charge >= 0.3 is 0 Å². The Balaban J connectivity index is 1.44. The number of benzene rings is 2. The van der Waals surface area contributed by atoms with E-state index in [1.807, 2.05) is 49.5 Å². The Morgan fingerprint density at radius 3 is 2.81 bits per heavy atom. The zero-order valence-corrected chi connectivity index (χ0v) is 15.2. The van der Waals surface area contributed by atoms with E-state index in [2.05, 4.69) is 23.1 Å². The van der Waals surface area contributed by atoms with E-state index in [1.54, 1.807) is 4.90 Å². The lowest BCUT2D eigenvalue weighted by Crippen LogP contribution is -2.44. The van der Waals surface area contributed by atoms with E-state index in [9.17, 15) is 4.79 Å². The number of rotatable bonds is 2. The molecule has 136 valence electrons. The average Bonchev–Trinajstić information content (AvgIpc) is 3.09. The van der Waals surface area contributed by atoms with Gasteiger partial charge in [0, 0.05) is 31.9 Å². The van der Waals surface area contributed by atoms with E-state index in [0.29, 0.717) is 13.0 Å². The minimum absolute atomic E-state index is 0.0225. The fourth-order valence-corrected chi connectivity index (χ4v) is 4.14. The molecule has 27 heavy (non-hydrogen) atoms. The fraction of sp³-hybridized carbons (Fsp3) is 0.273. The number of pyridine rings is 1. The molecule has 2 bridgehead atoms. The van der Waals surface area contributed by atoms with Gasteiger partial charge in [-0.2, -0.15) is 0 Å². The van der Waals surface area contributed by atoms with Crippen molar-refractivity contribution in [2.24, 2.45) is 0 Å². The first kappa shape index (κ1) is 16.3. The van der Waals surface area contributed by atoms with Crippen LogP contribution in [0.15, 0.2) is 60.7 Å². The Kier molecular flexibility index (Phi) is 3.83. The maximum Gasteiger partial charge on any atom is 0.244 e. The maximum absolute atomic E-state index is 13.1. The smallest absolute Gasteiger partial charge is 0.244 e. The number of hydrogen-bond donors (Lipinski definition) is 0. The van der Waals surface area contributed by atoms with Gasteiger partial charge < -0.3 is 9.64 Å². The van der Waals surface area contributed by atoms with E-state index in [1.165, 1.54) is 0 Å². The quantitative estimate of drug-likeness (QED) is 0.705. The number of carbonyl (C=O) groups is 1. The lowest BCUT2D eigenvalue weighted by atomic mass is 10.1. The Morgan fingerprint density at radius 1 is 1.07 bits per heavy atom. The van der Waals surface area contributed by atoms with Crippen LogP contribution in [0.25, 0.3) is 10.9 Å². The molecule has 0 N–H and O–H groups in total. The normalized spacial score (nSPS) is 22.3. The number of hydrogen-bond acceptors (Lipinski definition) is 4. The molecule has 5 nitrogen and oxygen atoms in total. The Bertz CT molecular complexity index is 1020. The summed E-state index contributed by atoms with van der Waals surface area (Å²) in [7, 11) is 1.83. The fourth-order valence-electron chi connectivity index (χ4n) is 4.14. The highest BCUT2D eigenvalue weighted by Gasteiger charge is 2.41. The van der Waals surface area contributed by atoms with Crippen molar-refractivity contribution in [1.82, 2.24) is 9.88 Å². The molecule has 0 aliphatic carbocycles. The molecule has 5 heteroatoms. The monoisotopic (exact) mass is 359 g/mol. The minimum Gasteiger partial charge on any atom is -0.487 e. The number of anilines is 1. The van der Waals surface area contributed by atoms with Crippen LogP contribution in [-0.4, -0.2) is 41.5 Å². The van der Waals surface area contributed by atoms with Crippen molar-refractivity contribution in [1.29, 1.82) is 0 Å².